The van der Waals surface area contributed by atoms with Gasteiger partial charge in [0.1, 0.15) is 28.4 Å². The summed E-state index contributed by atoms with van der Waals surface area (Å²) in [7, 11) is 5.10. The van der Waals surface area contributed by atoms with Crippen LogP contribution in [0.2, 0.25) is 0 Å². The Bertz CT molecular complexity index is 1760. The predicted octanol–water partition coefficient (Wildman–Crippen LogP) is 4.64. The van der Waals surface area contributed by atoms with E-state index in [0.717, 1.165) is 42.3 Å². The van der Waals surface area contributed by atoms with Crippen molar-refractivity contribution >= 4 is 45.5 Å². The van der Waals surface area contributed by atoms with Gasteiger partial charge in [-0.2, -0.15) is 4.98 Å². The Morgan fingerprint density at radius 1 is 1.12 bits per heavy atom. The Kier molecular flexibility index (Phi) is 6.33. The van der Waals surface area contributed by atoms with Crippen molar-refractivity contribution in [1.82, 2.24) is 29.4 Å². The van der Waals surface area contributed by atoms with Crippen LogP contribution >= 0.6 is 0 Å². The van der Waals surface area contributed by atoms with Gasteiger partial charge in [0.25, 0.3) is 11.8 Å². The third-order valence-electron chi connectivity index (χ3n) is 7.39. The van der Waals surface area contributed by atoms with Gasteiger partial charge in [-0.15, -0.1) is 0 Å². The molecule has 1 aliphatic carbocycles. The van der Waals surface area contributed by atoms with Crippen LogP contribution in [0.1, 0.15) is 52.6 Å². The van der Waals surface area contributed by atoms with Crippen LogP contribution in [0.4, 0.5) is 11.6 Å². The molecule has 2 amide bonds. The average Bonchev–Trinajstić information content (AvgIpc) is 3.70. The van der Waals surface area contributed by atoms with E-state index in [0.29, 0.717) is 45.5 Å². The van der Waals surface area contributed by atoms with E-state index in [1.54, 1.807) is 44.4 Å². The number of amides is 2. The molecule has 1 fully saturated rings. The molecule has 0 atom stereocenters. The number of carbonyl (C=O) groups is 2. The molecule has 6 rings (SSSR count). The Labute approximate surface area is 230 Å². The van der Waals surface area contributed by atoms with Gasteiger partial charge in [0.05, 0.1) is 23.9 Å². The number of hydrogen-bond acceptors (Lipinski definition) is 7. The number of aromatic nitrogens is 5. The van der Waals surface area contributed by atoms with Crippen LogP contribution in [0.25, 0.3) is 33.5 Å². The number of nitrogens with zero attached hydrogens (tertiary/aromatic N) is 5. The number of ether oxygens (including phenoxy) is 1. The highest BCUT2D eigenvalue weighted by molar-refractivity contribution is 6.04. The molecule has 0 saturated heterocycles. The first-order chi connectivity index (χ1) is 19.3. The number of hydrogen-bond donors (Lipinski definition) is 3. The quantitative estimate of drug-likeness (QED) is 0.274. The Hall–Kier alpha value is -4.93. The molecule has 204 valence electrons. The third kappa shape index (κ3) is 4.39. The number of H-pyrrole nitrogens is 1. The van der Waals surface area contributed by atoms with E-state index < -0.39 is 5.91 Å². The zero-order valence-electron chi connectivity index (χ0n) is 22.6. The minimum atomic E-state index is -0.532. The summed E-state index contributed by atoms with van der Waals surface area (Å²) in [5, 5.41) is 4.10. The second-order valence-electron chi connectivity index (χ2n) is 10.2. The van der Waals surface area contributed by atoms with Crippen molar-refractivity contribution in [2.24, 2.45) is 5.73 Å². The van der Waals surface area contributed by atoms with Crippen LogP contribution in [0.5, 0.6) is 5.75 Å². The molecular weight excluding hydrogens is 508 g/mol. The van der Waals surface area contributed by atoms with Gasteiger partial charge in [-0.25, -0.2) is 9.97 Å². The van der Waals surface area contributed by atoms with Crippen LogP contribution in [-0.4, -0.2) is 62.4 Å². The molecule has 40 heavy (non-hydrogen) atoms. The monoisotopic (exact) mass is 538 g/mol. The number of imidazole rings is 1. The van der Waals surface area contributed by atoms with E-state index >= 15 is 0 Å². The molecule has 11 nitrogen and oxygen atoms in total. The van der Waals surface area contributed by atoms with E-state index in [2.05, 4.69) is 24.8 Å². The maximum absolute atomic E-state index is 13.0. The number of methoxy groups -OCH3 is 1. The van der Waals surface area contributed by atoms with E-state index in [4.69, 9.17) is 15.5 Å². The van der Waals surface area contributed by atoms with Crippen LogP contribution in [0.15, 0.2) is 48.7 Å². The molecule has 3 aromatic heterocycles. The van der Waals surface area contributed by atoms with E-state index in [1.165, 1.54) is 0 Å². The van der Waals surface area contributed by atoms with Crippen molar-refractivity contribution < 1.29 is 14.3 Å². The van der Waals surface area contributed by atoms with Crippen LogP contribution in [-0.2, 0) is 0 Å². The van der Waals surface area contributed by atoms with Crippen LogP contribution in [0.3, 0.4) is 0 Å². The average molecular weight is 539 g/mol. The maximum Gasteiger partial charge on any atom is 0.270 e. The highest BCUT2D eigenvalue weighted by Crippen LogP contribution is 2.36. The lowest BCUT2D eigenvalue weighted by Gasteiger charge is -2.19. The minimum Gasteiger partial charge on any atom is -0.495 e. The van der Waals surface area contributed by atoms with Gasteiger partial charge in [-0.05, 0) is 49.2 Å². The first kappa shape index (κ1) is 25.4. The fourth-order valence-corrected chi connectivity index (χ4v) is 5.42. The standard InChI is InChI=1S/C29H30N8O3/c1-36(2)28(39)22-13-17-15-31-29(35-27(17)37(22)18-7-4-5-8-18)33-20-12-11-16(14-23(20)40-3)26-32-21-10-6-9-19(25(30)38)24(21)34-26/h6,9-15,18H,4-5,7-8H2,1-3H3,(H2,30,38)(H,32,34)(H,31,33,35). The zero-order chi connectivity index (χ0) is 28.0. The predicted molar refractivity (Wildman–Crippen MR) is 153 cm³/mol. The SMILES string of the molecule is COc1cc(-c2nc3c(C(N)=O)cccc3[nH]2)ccc1Nc1ncc2cc(C(=O)N(C)C)n(C3CCCC3)c2n1. The number of benzene rings is 2. The minimum absolute atomic E-state index is 0.0507. The molecule has 0 bridgehead atoms. The summed E-state index contributed by atoms with van der Waals surface area (Å²) >= 11 is 0. The molecule has 1 saturated carbocycles. The fourth-order valence-electron chi connectivity index (χ4n) is 5.42. The molecule has 1 aliphatic rings. The van der Waals surface area contributed by atoms with Crippen LogP contribution in [0, 0.1) is 0 Å². The second kappa shape index (κ2) is 9.99. The highest BCUT2D eigenvalue weighted by atomic mass is 16.5. The normalized spacial score (nSPS) is 13.7. The van der Waals surface area contributed by atoms with E-state index in [9.17, 15) is 9.59 Å². The Morgan fingerprint density at radius 3 is 2.65 bits per heavy atom. The summed E-state index contributed by atoms with van der Waals surface area (Å²) < 4.78 is 7.76. The van der Waals surface area contributed by atoms with Gasteiger partial charge in [0, 0.05) is 37.3 Å². The number of nitrogens with one attached hydrogen (secondary N) is 2. The topological polar surface area (TPSA) is 144 Å². The molecule has 5 aromatic rings. The highest BCUT2D eigenvalue weighted by Gasteiger charge is 2.26. The molecule has 0 radical (unpaired) electrons. The fraction of sp³-hybridized carbons (Fsp3) is 0.276. The van der Waals surface area contributed by atoms with Gasteiger partial charge >= 0.3 is 0 Å². The summed E-state index contributed by atoms with van der Waals surface area (Å²) in [4.78, 5) is 43.6. The molecule has 0 unspecified atom stereocenters. The van der Waals surface area contributed by atoms with Gasteiger partial charge in [-0.3, -0.25) is 9.59 Å². The Morgan fingerprint density at radius 2 is 1.93 bits per heavy atom. The maximum atomic E-state index is 13.0. The molecule has 4 N–H and O–H groups in total. The lowest BCUT2D eigenvalue weighted by Crippen LogP contribution is -2.25. The number of nitrogens with two attached hydrogens (primary N) is 1. The van der Waals surface area contributed by atoms with Crippen molar-refractivity contribution in [2.75, 3.05) is 26.5 Å². The largest absolute Gasteiger partial charge is 0.495 e. The summed E-state index contributed by atoms with van der Waals surface area (Å²) in [6.45, 7) is 0. The third-order valence-corrected chi connectivity index (χ3v) is 7.39. The van der Waals surface area contributed by atoms with Gasteiger partial charge < -0.3 is 30.2 Å². The number of para-hydroxylation sites is 1. The summed E-state index contributed by atoms with van der Waals surface area (Å²) in [6.07, 6.45) is 6.04. The van der Waals surface area contributed by atoms with E-state index in [-0.39, 0.29) is 11.9 Å². The van der Waals surface area contributed by atoms with Crippen molar-refractivity contribution in [2.45, 2.75) is 31.7 Å². The Balaban J connectivity index is 1.35. The van der Waals surface area contributed by atoms with Gasteiger partial charge in [0.15, 0.2) is 0 Å². The lowest BCUT2D eigenvalue weighted by molar-refractivity contribution is 0.0815. The number of aromatic amines is 1. The van der Waals surface area contributed by atoms with E-state index in [1.807, 2.05) is 30.3 Å². The van der Waals surface area contributed by atoms with Crippen molar-refractivity contribution in [3.63, 3.8) is 0 Å². The van der Waals surface area contributed by atoms with Gasteiger partial charge in [-0.1, -0.05) is 18.9 Å². The summed E-state index contributed by atoms with van der Waals surface area (Å²) in [5.74, 6) is 0.958. The summed E-state index contributed by atoms with van der Waals surface area (Å²) in [6, 6.07) is 13.0. The van der Waals surface area contributed by atoms with Crippen LogP contribution < -0.4 is 15.8 Å². The zero-order valence-corrected chi connectivity index (χ0v) is 22.6. The first-order valence-electron chi connectivity index (χ1n) is 13.2. The number of fused-ring (bicyclic) bond motifs is 2. The van der Waals surface area contributed by atoms with Gasteiger partial charge in [0.2, 0.25) is 5.95 Å². The number of primary amides is 1. The summed E-state index contributed by atoms with van der Waals surface area (Å²) in [5.41, 5.74) is 9.92. The first-order valence-corrected chi connectivity index (χ1v) is 13.2. The number of anilines is 2. The second-order valence-corrected chi connectivity index (χ2v) is 10.2. The molecule has 0 spiro atoms. The molecule has 2 aromatic carbocycles. The number of rotatable bonds is 7. The van der Waals surface area contributed by atoms with Crippen molar-refractivity contribution in [1.29, 1.82) is 0 Å². The molecule has 3 heterocycles. The number of carbonyl (C=O) groups excluding carboxylic acids is 2. The van der Waals surface area contributed by atoms with Crippen molar-refractivity contribution in [3.8, 4) is 17.1 Å². The lowest BCUT2D eigenvalue weighted by atomic mass is 10.1. The molecule has 11 heteroatoms. The smallest absolute Gasteiger partial charge is 0.270 e. The van der Waals surface area contributed by atoms with Crippen molar-refractivity contribution in [3.05, 3.63) is 59.9 Å². The molecule has 0 aliphatic heterocycles. The molecular formula is C29H30N8O3.